The van der Waals surface area contributed by atoms with Crippen molar-refractivity contribution in [2.45, 2.75) is 23.8 Å². The minimum absolute atomic E-state index is 0. The third kappa shape index (κ3) is 5.02. The van der Waals surface area contributed by atoms with E-state index in [1.807, 2.05) is 6.07 Å². The Morgan fingerprint density at radius 2 is 1.76 bits per heavy atom. The van der Waals surface area contributed by atoms with Gasteiger partial charge in [0.1, 0.15) is 5.82 Å². The van der Waals surface area contributed by atoms with Crippen molar-refractivity contribution in [1.29, 1.82) is 0 Å². The highest BCUT2D eigenvalue weighted by atomic mass is 35.5. The van der Waals surface area contributed by atoms with Crippen LogP contribution in [0, 0.1) is 0 Å². The number of anilines is 3. The van der Waals surface area contributed by atoms with Gasteiger partial charge in [-0.2, -0.15) is 4.98 Å². The average Bonchev–Trinajstić information content (AvgIpc) is 2.55. The molecule has 136 valence electrons. The first-order chi connectivity index (χ1) is 11.4. The van der Waals surface area contributed by atoms with Crippen LogP contribution in [-0.2, 0) is 10.0 Å². The van der Waals surface area contributed by atoms with E-state index >= 15 is 0 Å². The molecule has 0 unspecified atom stereocenters. The second-order valence-corrected chi connectivity index (χ2v) is 7.32. The molecule has 1 aliphatic rings. The van der Waals surface area contributed by atoms with Crippen molar-refractivity contribution in [3.8, 4) is 0 Å². The number of nitrogens with two attached hydrogens (primary N) is 2. The van der Waals surface area contributed by atoms with Gasteiger partial charge in [0.05, 0.1) is 4.90 Å². The number of nitrogens with one attached hydrogen (secondary N) is 1. The average molecular weight is 385 g/mol. The first-order valence-electron chi connectivity index (χ1n) is 7.65. The standard InChI is InChI=1S/C15H20N6O2S.ClH/c16-11-6-9-21(10-7-11)14-5-8-18-15(20-14)19-12-1-3-13(4-2-12)24(17,22)23;/h1-5,8,11H,6-7,9-10,16H2,(H2,17,22,23)(H,18,19,20);1H. The van der Waals surface area contributed by atoms with Crippen molar-refractivity contribution in [2.75, 3.05) is 23.3 Å². The maximum atomic E-state index is 11.3. The molecule has 5 N–H and O–H groups in total. The summed E-state index contributed by atoms with van der Waals surface area (Å²) in [5.74, 6) is 1.30. The van der Waals surface area contributed by atoms with Crippen molar-refractivity contribution in [3.63, 3.8) is 0 Å². The fraction of sp³-hybridized carbons (Fsp3) is 0.333. The van der Waals surface area contributed by atoms with Crippen LogP contribution in [0.2, 0.25) is 0 Å². The SMILES string of the molecule is Cl.NC1CCN(c2ccnc(Nc3ccc(S(N)(=O)=O)cc3)n2)CC1. The number of hydrogen-bond acceptors (Lipinski definition) is 7. The highest BCUT2D eigenvalue weighted by molar-refractivity contribution is 7.89. The number of halogens is 1. The fourth-order valence-corrected chi connectivity index (χ4v) is 3.09. The van der Waals surface area contributed by atoms with Gasteiger partial charge in [-0.15, -0.1) is 12.4 Å². The molecule has 0 atom stereocenters. The summed E-state index contributed by atoms with van der Waals surface area (Å²) in [4.78, 5) is 11.0. The molecule has 8 nitrogen and oxygen atoms in total. The van der Waals surface area contributed by atoms with Gasteiger partial charge in [-0.05, 0) is 43.2 Å². The predicted molar refractivity (Wildman–Crippen MR) is 99.8 cm³/mol. The quantitative estimate of drug-likeness (QED) is 0.722. The molecule has 25 heavy (non-hydrogen) atoms. The number of rotatable bonds is 4. The molecule has 0 bridgehead atoms. The second kappa shape index (κ2) is 7.96. The second-order valence-electron chi connectivity index (χ2n) is 5.76. The van der Waals surface area contributed by atoms with Gasteiger partial charge in [-0.25, -0.2) is 18.5 Å². The fourth-order valence-electron chi connectivity index (χ4n) is 2.57. The molecule has 0 saturated carbocycles. The highest BCUT2D eigenvalue weighted by Crippen LogP contribution is 2.20. The molecule has 1 aromatic heterocycles. The van der Waals surface area contributed by atoms with Crippen molar-refractivity contribution >= 4 is 39.9 Å². The van der Waals surface area contributed by atoms with Gasteiger partial charge in [-0.1, -0.05) is 0 Å². The Hall–Kier alpha value is -1.94. The number of aromatic nitrogens is 2. The van der Waals surface area contributed by atoms with E-state index in [1.165, 1.54) is 12.1 Å². The summed E-state index contributed by atoms with van der Waals surface area (Å²) in [6, 6.07) is 8.25. The lowest BCUT2D eigenvalue weighted by Crippen LogP contribution is -2.40. The summed E-state index contributed by atoms with van der Waals surface area (Å²) in [7, 11) is -3.69. The number of benzene rings is 1. The molecule has 0 spiro atoms. The Kier molecular flexibility index (Phi) is 6.17. The Bertz CT molecular complexity index is 807. The van der Waals surface area contributed by atoms with Gasteiger partial charge >= 0.3 is 0 Å². The van der Waals surface area contributed by atoms with Crippen LogP contribution < -0.4 is 21.1 Å². The van der Waals surface area contributed by atoms with Crippen LogP contribution in [0.25, 0.3) is 0 Å². The van der Waals surface area contributed by atoms with E-state index in [1.54, 1.807) is 18.3 Å². The highest BCUT2D eigenvalue weighted by Gasteiger charge is 2.17. The summed E-state index contributed by atoms with van der Waals surface area (Å²) >= 11 is 0. The number of nitrogens with zero attached hydrogens (tertiary/aromatic N) is 3. The minimum Gasteiger partial charge on any atom is -0.356 e. The smallest absolute Gasteiger partial charge is 0.238 e. The zero-order valence-electron chi connectivity index (χ0n) is 13.5. The lowest BCUT2D eigenvalue weighted by molar-refractivity contribution is 0.498. The number of sulfonamides is 1. The van der Waals surface area contributed by atoms with E-state index in [2.05, 4.69) is 20.2 Å². The Balaban J connectivity index is 0.00000225. The molecule has 2 aromatic rings. The van der Waals surface area contributed by atoms with E-state index < -0.39 is 10.0 Å². The van der Waals surface area contributed by atoms with Crippen molar-refractivity contribution in [2.24, 2.45) is 10.9 Å². The molecule has 1 aliphatic heterocycles. The van der Waals surface area contributed by atoms with E-state index in [4.69, 9.17) is 10.9 Å². The lowest BCUT2D eigenvalue weighted by Gasteiger charge is -2.31. The monoisotopic (exact) mass is 384 g/mol. The van der Waals surface area contributed by atoms with Crippen molar-refractivity contribution in [3.05, 3.63) is 36.5 Å². The van der Waals surface area contributed by atoms with Gasteiger partial charge in [0.25, 0.3) is 0 Å². The molecule has 0 aliphatic carbocycles. The summed E-state index contributed by atoms with van der Waals surface area (Å²) < 4.78 is 22.5. The van der Waals surface area contributed by atoms with Gasteiger partial charge in [0, 0.05) is 31.0 Å². The third-order valence-corrected chi connectivity index (χ3v) is 4.87. The molecule has 0 amide bonds. The molecule has 1 saturated heterocycles. The van der Waals surface area contributed by atoms with Crippen LogP contribution in [0.3, 0.4) is 0 Å². The van der Waals surface area contributed by atoms with Gasteiger partial charge in [0.2, 0.25) is 16.0 Å². The molecule has 3 rings (SSSR count). The minimum atomic E-state index is -3.69. The third-order valence-electron chi connectivity index (χ3n) is 3.94. The first kappa shape index (κ1) is 19.4. The van der Waals surface area contributed by atoms with Crippen molar-refractivity contribution in [1.82, 2.24) is 9.97 Å². The zero-order chi connectivity index (χ0) is 17.2. The molecule has 0 radical (unpaired) electrons. The molecule has 2 heterocycles. The summed E-state index contributed by atoms with van der Waals surface area (Å²) in [6.45, 7) is 1.75. The molecule has 1 aromatic carbocycles. The predicted octanol–water partition coefficient (Wildman–Crippen LogP) is 1.22. The number of primary sulfonamides is 1. The van der Waals surface area contributed by atoms with Crippen LogP contribution in [0.4, 0.5) is 17.5 Å². The van der Waals surface area contributed by atoms with Crippen LogP contribution in [0.5, 0.6) is 0 Å². The Labute approximate surface area is 153 Å². The summed E-state index contributed by atoms with van der Waals surface area (Å²) in [5, 5.41) is 8.15. The van der Waals surface area contributed by atoms with Crippen LogP contribution >= 0.6 is 12.4 Å². The molecular formula is C15H21ClN6O2S. The lowest BCUT2D eigenvalue weighted by atomic mass is 10.1. The Morgan fingerprint density at radius 1 is 1.12 bits per heavy atom. The van der Waals surface area contributed by atoms with E-state index in [0.29, 0.717) is 11.6 Å². The summed E-state index contributed by atoms with van der Waals surface area (Å²) in [5.41, 5.74) is 6.61. The zero-order valence-corrected chi connectivity index (χ0v) is 15.1. The topological polar surface area (TPSA) is 127 Å². The first-order valence-corrected chi connectivity index (χ1v) is 9.20. The van der Waals surface area contributed by atoms with Gasteiger partial charge < -0.3 is 16.0 Å². The Morgan fingerprint density at radius 3 is 2.36 bits per heavy atom. The normalized spacial score (nSPS) is 15.5. The molecule has 10 heteroatoms. The maximum absolute atomic E-state index is 11.3. The summed E-state index contributed by atoms with van der Waals surface area (Å²) in [6.07, 6.45) is 3.58. The molecular weight excluding hydrogens is 364 g/mol. The van der Waals surface area contributed by atoms with Crippen molar-refractivity contribution < 1.29 is 8.42 Å². The maximum Gasteiger partial charge on any atom is 0.238 e. The van der Waals surface area contributed by atoms with Crippen LogP contribution in [0.15, 0.2) is 41.4 Å². The molecule has 1 fully saturated rings. The largest absolute Gasteiger partial charge is 0.356 e. The van der Waals surface area contributed by atoms with E-state index in [9.17, 15) is 8.42 Å². The number of hydrogen-bond donors (Lipinski definition) is 3. The van der Waals surface area contributed by atoms with E-state index in [-0.39, 0.29) is 23.3 Å². The van der Waals surface area contributed by atoms with Crippen LogP contribution in [0.1, 0.15) is 12.8 Å². The van der Waals surface area contributed by atoms with Crippen LogP contribution in [-0.4, -0.2) is 37.5 Å². The van der Waals surface area contributed by atoms with Gasteiger partial charge in [0.15, 0.2) is 0 Å². The van der Waals surface area contributed by atoms with Gasteiger partial charge in [-0.3, -0.25) is 0 Å². The van der Waals surface area contributed by atoms with E-state index in [0.717, 1.165) is 31.7 Å². The number of piperidine rings is 1.